The molecule has 1 unspecified atom stereocenters. The van der Waals surface area contributed by atoms with Crippen LogP contribution in [0, 0.1) is 5.41 Å². The summed E-state index contributed by atoms with van der Waals surface area (Å²) in [4.78, 5) is 21.4. The first kappa shape index (κ1) is 15.4. The van der Waals surface area contributed by atoms with E-state index < -0.39 is 17.0 Å². The van der Waals surface area contributed by atoms with Gasteiger partial charge in [-0.05, 0) is 18.8 Å². The van der Waals surface area contributed by atoms with E-state index in [2.05, 4.69) is 0 Å². The summed E-state index contributed by atoms with van der Waals surface area (Å²) >= 11 is 0. The van der Waals surface area contributed by atoms with E-state index in [0.29, 0.717) is 13.0 Å². The van der Waals surface area contributed by atoms with Crippen LogP contribution in [0.2, 0.25) is 0 Å². The zero-order chi connectivity index (χ0) is 12.8. The number of rotatable bonds is 7. The summed E-state index contributed by atoms with van der Waals surface area (Å²) in [5, 5.41) is 11.4. The maximum atomic E-state index is 11.4. The molecular weight excluding hydrogens is 208 g/mol. The topological polar surface area (TPSA) is 58.6 Å². The maximum Gasteiger partial charge on any atom is 0.147 e. The Morgan fingerprint density at radius 2 is 1.81 bits per heavy atom. The summed E-state index contributed by atoms with van der Waals surface area (Å²) in [6, 6.07) is 0. The number of unbranched alkanes of at least 4 members (excludes halogenated alkanes) is 1. The molecule has 0 radical (unpaired) electrons. The lowest BCUT2D eigenvalue weighted by molar-refractivity contribution is -0.408. The average Bonchev–Trinajstić information content (AvgIpc) is 2.16. The summed E-state index contributed by atoms with van der Waals surface area (Å²) in [6.45, 7) is 9.52. The lowest BCUT2D eigenvalue weighted by atomic mass is 9.73. The Labute approximate surface area is 97.9 Å². The number of hydrogen-bond donors (Lipinski definition) is 0. The highest BCUT2D eigenvalue weighted by Gasteiger charge is 2.45. The van der Waals surface area contributed by atoms with Crippen LogP contribution in [0.15, 0.2) is 0 Å². The van der Waals surface area contributed by atoms with Crippen LogP contribution in [-0.2, 0) is 14.6 Å². The van der Waals surface area contributed by atoms with E-state index in [1.54, 1.807) is 6.92 Å². The van der Waals surface area contributed by atoms with Gasteiger partial charge in [0.1, 0.15) is 5.60 Å². The van der Waals surface area contributed by atoms with E-state index in [1.807, 2.05) is 27.7 Å². The third-order valence-electron chi connectivity index (χ3n) is 2.74. The van der Waals surface area contributed by atoms with Crippen LogP contribution in [0.4, 0.5) is 0 Å². The number of hydrogen-bond acceptors (Lipinski definition) is 4. The molecule has 0 aromatic rings. The quantitative estimate of drug-likeness (QED) is 0.494. The molecule has 0 aliphatic rings. The molecule has 16 heavy (non-hydrogen) atoms. The second kappa shape index (κ2) is 6.21. The molecule has 0 rings (SSSR count). The van der Waals surface area contributed by atoms with Crippen molar-refractivity contribution in [1.82, 2.24) is 0 Å². The van der Waals surface area contributed by atoms with E-state index in [-0.39, 0.29) is 0 Å². The van der Waals surface area contributed by atoms with Crippen molar-refractivity contribution in [3.8, 4) is 0 Å². The Morgan fingerprint density at radius 3 is 2.12 bits per heavy atom. The van der Waals surface area contributed by atoms with Gasteiger partial charge in [-0.15, -0.1) is 0 Å². The number of carbonyl (C=O) groups is 1. The highest BCUT2D eigenvalue weighted by Crippen LogP contribution is 2.38. The summed E-state index contributed by atoms with van der Waals surface area (Å²) in [5.41, 5.74) is -1.95. The molecule has 0 bridgehead atoms. The van der Waals surface area contributed by atoms with E-state index >= 15 is 0 Å². The molecule has 0 saturated carbocycles. The molecule has 0 fully saturated rings. The molecule has 0 saturated heterocycles. The van der Waals surface area contributed by atoms with Gasteiger partial charge in [0.2, 0.25) is 0 Å². The van der Waals surface area contributed by atoms with Gasteiger partial charge in [0.15, 0.2) is 0 Å². The summed E-state index contributed by atoms with van der Waals surface area (Å²) in [5.74, 6) is -1.21. The molecule has 0 aromatic carbocycles. The lowest BCUT2D eigenvalue weighted by Gasteiger charge is -2.43. The minimum Gasteiger partial charge on any atom is -0.547 e. The Hall–Kier alpha value is -0.610. The van der Waals surface area contributed by atoms with Gasteiger partial charge in [0, 0.05) is 0 Å². The molecule has 0 spiro atoms. The number of carboxylic acids is 1. The zero-order valence-corrected chi connectivity index (χ0v) is 11.0. The third kappa shape index (κ3) is 3.46. The van der Waals surface area contributed by atoms with Gasteiger partial charge in [-0.3, -0.25) is 0 Å². The van der Waals surface area contributed by atoms with Crippen molar-refractivity contribution in [3.63, 3.8) is 0 Å². The smallest absolute Gasteiger partial charge is 0.147 e. The highest BCUT2D eigenvalue weighted by molar-refractivity contribution is 5.76. The Bertz CT molecular complexity index is 210. The Kier molecular flexibility index (Phi) is 5.97. The predicted molar refractivity (Wildman–Crippen MR) is 59.4 cm³/mol. The number of carboxylic acid groups (broad SMARTS) is 1. The van der Waals surface area contributed by atoms with E-state index in [1.165, 1.54) is 0 Å². The molecule has 0 aromatic heterocycles. The highest BCUT2D eigenvalue weighted by atomic mass is 17.2. The lowest BCUT2D eigenvalue weighted by Crippen LogP contribution is -2.58. The number of aliphatic carboxylic acids is 1. The van der Waals surface area contributed by atoms with E-state index in [0.717, 1.165) is 12.8 Å². The molecular formula is C12H23O4-. The van der Waals surface area contributed by atoms with Crippen molar-refractivity contribution in [3.05, 3.63) is 0 Å². The molecule has 0 N–H and O–H groups in total. The summed E-state index contributed by atoms with van der Waals surface area (Å²) in [7, 11) is 0. The van der Waals surface area contributed by atoms with Crippen molar-refractivity contribution in [2.75, 3.05) is 6.61 Å². The molecule has 0 aliphatic heterocycles. The van der Waals surface area contributed by atoms with Gasteiger partial charge in [-0.1, -0.05) is 40.5 Å². The van der Waals surface area contributed by atoms with Crippen LogP contribution in [-0.4, -0.2) is 18.2 Å². The maximum absolute atomic E-state index is 11.4. The zero-order valence-electron chi connectivity index (χ0n) is 11.0. The first-order valence-corrected chi connectivity index (χ1v) is 5.84. The minimum absolute atomic E-state index is 0.317. The molecule has 1 atom stereocenters. The first-order valence-electron chi connectivity index (χ1n) is 5.84. The average molecular weight is 231 g/mol. The molecule has 4 heteroatoms. The van der Waals surface area contributed by atoms with Gasteiger partial charge in [-0.2, -0.15) is 0 Å². The van der Waals surface area contributed by atoms with E-state index in [4.69, 9.17) is 9.78 Å². The fraction of sp³-hybridized carbons (Fsp3) is 0.917. The summed E-state index contributed by atoms with van der Waals surface area (Å²) in [6.07, 6.45) is 2.06. The van der Waals surface area contributed by atoms with Gasteiger partial charge >= 0.3 is 0 Å². The predicted octanol–water partition coefficient (Wildman–Crippen LogP) is 1.68. The standard InChI is InChI=1S/C12H24O4/c1-6-8-9-12(10(13)14,11(3,4)5)16-15-7-2/h6-9H2,1-5H3,(H,13,14)/p-1. The summed E-state index contributed by atoms with van der Waals surface area (Å²) < 4.78 is 0. The monoisotopic (exact) mass is 231 g/mol. The fourth-order valence-corrected chi connectivity index (χ4v) is 1.57. The largest absolute Gasteiger partial charge is 0.547 e. The Morgan fingerprint density at radius 1 is 1.25 bits per heavy atom. The third-order valence-corrected chi connectivity index (χ3v) is 2.74. The minimum atomic E-state index is -1.38. The van der Waals surface area contributed by atoms with Crippen LogP contribution >= 0.6 is 0 Å². The van der Waals surface area contributed by atoms with Crippen molar-refractivity contribution in [2.24, 2.45) is 5.41 Å². The van der Waals surface area contributed by atoms with Gasteiger partial charge < -0.3 is 9.90 Å². The van der Waals surface area contributed by atoms with Crippen LogP contribution in [0.25, 0.3) is 0 Å². The molecule has 96 valence electrons. The van der Waals surface area contributed by atoms with Crippen molar-refractivity contribution in [2.45, 2.75) is 59.5 Å². The number of carbonyl (C=O) groups excluding carboxylic acids is 1. The van der Waals surface area contributed by atoms with Gasteiger partial charge in [0.25, 0.3) is 0 Å². The second-order valence-corrected chi connectivity index (χ2v) is 4.96. The van der Waals surface area contributed by atoms with Crippen molar-refractivity contribution in [1.29, 1.82) is 0 Å². The molecule has 0 amide bonds. The van der Waals surface area contributed by atoms with Crippen LogP contribution in [0.5, 0.6) is 0 Å². The van der Waals surface area contributed by atoms with Gasteiger partial charge in [0.05, 0.1) is 12.6 Å². The first-order chi connectivity index (χ1) is 7.31. The van der Waals surface area contributed by atoms with Gasteiger partial charge in [-0.25, -0.2) is 9.78 Å². The molecule has 0 aliphatic carbocycles. The van der Waals surface area contributed by atoms with Crippen LogP contribution < -0.4 is 5.11 Å². The van der Waals surface area contributed by atoms with Crippen molar-refractivity contribution >= 4 is 5.97 Å². The molecule has 0 heterocycles. The fourth-order valence-electron chi connectivity index (χ4n) is 1.57. The molecule has 4 nitrogen and oxygen atoms in total. The van der Waals surface area contributed by atoms with E-state index in [9.17, 15) is 9.90 Å². The van der Waals surface area contributed by atoms with Crippen LogP contribution in [0.1, 0.15) is 53.9 Å². The SMILES string of the molecule is CCCCC(OOCC)(C(=O)[O-])C(C)(C)C. The van der Waals surface area contributed by atoms with Crippen LogP contribution in [0.3, 0.4) is 0 Å². The Balaban J connectivity index is 4.98. The normalized spacial score (nSPS) is 15.8. The second-order valence-electron chi connectivity index (χ2n) is 4.96. The van der Waals surface area contributed by atoms with Crippen molar-refractivity contribution < 1.29 is 19.7 Å².